The number of hydrogen-bond acceptors (Lipinski definition) is 3. The number of fused-ring (bicyclic) bond motifs is 1. The van der Waals surface area contributed by atoms with Gasteiger partial charge in [-0.15, -0.1) is 0 Å². The van der Waals surface area contributed by atoms with Crippen LogP contribution in [0.1, 0.15) is 24.8 Å². The van der Waals surface area contributed by atoms with Crippen molar-refractivity contribution in [3.05, 3.63) is 53.6 Å². The summed E-state index contributed by atoms with van der Waals surface area (Å²) in [6.45, 7) is 0. The maximum Gasteiger partial charge on any atom is 0.140 e. The number of Topliss-reactive ketones (excluding diaryl/α,β-unsaturated/α-hetero) is 1. The molecule has 0 heterocycles. The van der Waals surface area contributed by atoms with Crippen LogP contribution in [0.4, 0.5) is 0 Å². The highest BCUT2D eigenvalue weighted by Gasteiger charge is 2.37. The molecule has 122 valence electrons. The van der Waals surface area contributed by atoms with Crippen molar-refractivity contribution in [3.8, 4) is 5.75 Å². The average Bonchev–Trinajstić information content (AvgIpc) is 2.60. The lowest BCUT2D eigenvalue weighted by Crippen LogP contribution is -2.36. The average molecular weight is 312 g/mol. The lowest BCUT2D eigenvalue weighted by molar-refractivity contribution is -0.124. The fourth-order valence-electron chi connectivity index (χ4n) is 3.80. The van der Waals surface area contributed by atoms with Gasteiger partial charge in [0.25, 0.3) is 0 Å². The zero-order chi connectivity index (χ0) is 16.2. The molecule has 0 bridgehead atoms. The van der Waals surface area contributed by atoms with E-state index in [4.69, 9.17) is 9.47 Å². The minimum Gasteiger partial charge on any atom is -0.497 e. The van der Waals surface area contributed by atoms with E-state index in [0.29, 0.717) is 18.1 Å². The van der Waals surface area contributed by atoms with Gasteiger partial charge in [0.1, 0.15) is 11.5 Å². The van der Waals surface area contributed by atoms with Crippen LogP contribution in [-0.2, 0) is 16.0 Å². The van der Waals surface area contributed by atoms with Crippen LogP contribution in [0.2, 0.25) is 0 Å². The minimum atomic E-state index is 0.0301. The third-order valence-electron chi connectivity index (χ3n) is 5.03. The molecule has 0 amide bonds. The zero-order valence-corrected chi connectivity index (χ0v) is 13.8. The number of ether oxygens (including phenoxy) is 2. The Kier molecular flexibility index (Phi) is 4.97. The van der Waals surface area contributed by atoms with Crippen LogP contribution in [0, 0.1) is 11.8 Å². The molecule has 1 saturated carbocycles. The standard InChI is InChI=1S/C20H24O3/c1-22-15-6-3-5-14(13-15)9-10-17-16-7-4-8-20(23-2)18(16)11-12-19(17)21/h3-8,13,17-18,20H,9-12H2,1-2H3. The lowest BCUT2D eigenvalue weighted by atomic mass is 9.70. The first-order valence-corrected chi connectivity index (χ1v) is 8.29. The molecule has 0 spiro atoms. The molecule has 2 aliphatic carbocycles. The fourth-order valence-corrected chi connectivity index (χ4v) is 3.80. The van der Waals surface area contributed by atoms with Gasteiger partial charge in [-0.1, -0.05) is 35.9 Å². The number of carbonyl (C=O) groups excluding carboxylic acids is 1. The summed E-state index contributed by atoms with van der Waals surface area (Å²) < 4.78 is 10.9. The van der Waals surface area contributed by atoms with Crippen molar-refractivity contribution < 1.29 is 14.3 Å². The van der Waals surface area contributed by atoms with Gasteiger partial charge in [-0.2, -0.15) is 0 Å². The van der Waals surface area contributed by atoms with Crippen molar-refractivity contribution in [2.45, 2.75) is 31.8 Å². The highest BCUT2D eigenvalue weighted by Crippen LogP contribution is 2.39. The third kappa shape index (κ3) is 3.40. The summed E-state index contributed by atoms with van der Waals surface area (Å²) in [6.07, 6.45) is 9.70. The molecule has 3 atom stereocenters. The molecular weight excluding hydrogens is 288 g/mol. The maximum absolute atomic E-state index is 12.5. The van der Waals surface area contributed by atoms with E-state index in [9.17, 15) is 4.79 Å². The van der Waals surface area contributed by atoms with Crippen molar-refractivity contribution in [1.82, 2.24) is 0 Å². The van der Waals surface area contributed by atoms with Gasteiger partial charge >= 0.3 is 0 Å². The second-order valence-corrected chi connectivity index (χ2v) is 6.31. The molecule has 3 heteroatoms. The van der Waals surface area contributed by atoms with Crippen LogP contribution in [0.15, 0.2) is 48.1 Å². The van der Waals surface area contributed by atoms with E-state index in [0.717, 1.165) is 25.0 Å². The van der Waals surface area contributed by atoms with Crippen molar-refractivity contribution in [2.75, 3.05) is 14.2 Å². The van der Waals surface area contributed by atoms with Gasteiger partial charge in [-0.3, -0.25) is 4.79 Å². The molecule has 1 aromatic carbocycles. The minimum absolute atomic E-state index is 0.0301. The molecular formula is C20H24O3. The van der Waals surface area contributed by atoms with Gasteiger partial charge in [0.15, 0.2) is 0 Å². The molecule has 2 aliphatic rings. The predicted molar refractivity (Wildman–Crippen MR) is 90.6 cm³/mol. The number of rotatable bonds is 5. The van der Waals surface area contributed by atoms with Crippen molar-refractivity contribution in [3.63, 3.8) is 0 Å². The normalized spacial score (nSPS) is 26.6. The number of allylic oxidation sites excluding steroid dienone is 2. The largest absolute Gasteiger partial charge is 0.497 e. The molecule has 3 nitrogen and oxygen atoms in total. The molecule has 23 heavy (non-hydrogen) atoms. The van der Waals surface area contributed by atoms with Crippen LogP contribution in [-0.4, -0.2) is 26.1 Å². The molecule has 0 aromatic heterocycles. The van der Waals surface area contributed by atoms with Crippen molar-refractivity contribution in [1.29, 1.82) is 0 Å². The Morgan fingerprint density at radius 2 is 2.13 bits per heavy atom. The van der Waals surface area contributed by atoms with E-state index < -0.39 is 0 Å². The Bertz CT molecular complexity index is 630. The Morgan fingerprint density at radius 3 is 2.91 bits per heavy atom. The van der Waals surface area contributed by atoms with Gasteiger partial charge in [0, 0.05) is 25.4 Å². The first-order chi connectivity index (χ1) is 11.2. The van der Waals surface area contributed by atoms with Gasteiger partial charge in [-0.25, -0.2) is 0 Å². The summed E-state index contributed by atoms with van der Waals surface area (Å²) in [5.41, 5.74) is 2.48. The Morgan fingerprint density at radius 1 is 1.26 bits per heavy atom. The summed E-state index contributed by atoms with van der Waals surface area (Å²) in [4.78, 5) is 12.5. The van der Waals surface area contributed by atoms with Crippen LogP contribution >= 0.6 is 0 Å². The zero-order valence-electron chi connectivity index (χ0n) is 13.8. The van der Waals surface area contributed by atoms with Crippen LogP contribution in [0.3, 0.4) is 0 Å². The third-order valence-corrected chi connectivity index (χ3v) is 5.03. The Hall–Kier alpha value is -1.87. The monoisotopic (exact) mass is 312 g/mol. The molecule has 1 fully saturated rings. The van der Waals surface area contributed by atoms with Crippen molar-refractivity contribution >= 4 is 5.78 Å². The topological polar surface area (TPSA) is 35.5 Å². The number of hydrogen-bond donors (Lipinski definition) is 0. The Balaban J connectivity index is 1.73. The quantitative estimate of drug-likeness (QED) is 0.831. The smallest absolute Gasteiger partial charge is 0.140 e. The number of benzene rings is 1. The van der Waals surface area contributed by atoms with E-state index in [1.807, 2.05) is 18.2 Å². The second kappa shape index (κ2) is 7.14. The van der Waals surface area contributed by atoms with Crippen LogP contribution in [0.25, 0.3) is 0 Å². The summed E-state index contributed by atoms with van der Waals surface area (Å²) in [5, 5.41) is 0. The molecule has 0 aliphatic heterocycles. The number of ketones is 1. The maximum atomic E-state index is 12.5. The van der Waals surface area contributed by atoms with Gasteiger partial charge in [-0.05, 0) is 37.0 Å². The molecule has 0 N–H and O–H groups in total. The number of aryl methyl sites for hydroxylation is 1. The van der Waals surface area contributed by atoms with Gasteiger partial charge < -0.3 is 9.47 Å². The Labute approximate surface area is 138 Å². The second-order valence-electron chi connectivity index (χ2n) is 6.31. The van der Waals surface area contributed by atoms with E-state index in [1.54, 1.807) is 14.2 Å². The number of carbonyl (C=O) groups is 1. The van der Waals surface area contributed by atoms with E-state index in [2.05, 4.69) is 24.3 Å². The van der Waals surface area contributed by atoms with Crippen LogP contribution < -0.4 is 4.74 Å². The van der Waals surface area contributed by atoms with Gasteiger partial charge in [0.05, 0.1) is 13.2 Å². The molecule has 0 radical (unpaired) electrons. The first-order valence-electron chi connectivity index (χ1n) is 8.29. The molecule has 1 aromatic rings. The lowest BCUT2D eigenvalue weighted by Gasteiger charge is -2.36. The molecule has 3 unspecified atom stereocenters. The SMILES string of the molecule is COc1cccc(CCC2C(=O)CCC3C2=CC=CC3OC)c1. The first kappa shape index (κ1) is 16.0. The molecule has 3 rings (SSSR count). The summed E-state index contributed by atoms with van der Waals surface area (Å²) >= 11 is 0. The van der Waals surface area contributed by atoms with Crippen molar-refractivity contribution in [2.24, 2.45) is 11.8 Å². The van der Waals surface area contributed by atoms with E-state index >= 15 is 0 Å². The summed E-state index contributed by atoms with van der Waals surface area (Å²) in [6, 6.07) is 8.10. The van der Waals surface area contributed by atoms with E-state index in [1.165, 1.54) is 11.1 Å². The van der Waals surface area contributed by atoms with Gasteiger partial charge in [0.2, 0.25) is 0 Å². The molecule has 0 saturated heterocycles. The highest BCUT2D eigenvalue weighted by atomic mass is 16.5. The van der Waals surface area contributed by atoms with Crippen LogP contribution in [0.5, 0.6) is 5.75 Å². The highest BCUT2D eigenvalue weighted by molar-refractivity contribution is 5.85. The predicted octanol–water partition coefficient (Wildman–Crippen LogP) is 3.73. The summed E-state index contributed by atoms with van der Waals surface area (Å²) in [5.74, 6) is 1.63. The fraction of sp³-hybridized carbons (Fsp3) is 0.450. The summed E-state index contributed by atoms with van der Waals surface area (Å²) in [7, 11) is 3.43. The number of methoxy groups -OCH3 is 2. The van der Waals surface area contributed by atoms with E-state index in [-0.39, 0.29) is 12.0 Å².